The van der Waals surface area contributed by atoms with E-state index in [1.54, 1.807) is 0 Å². The van der Waals surface area contributed by atoms with Crippen molar-refractivity contribution in [2.75, 3.05) is 0 Å². The second-order valence-electron chi connectivity index (χ2n) is 4.15. The molecule has 0 radical (unpaired) electrons. The van der Waals surface area contributed by atoms with Crippen molar-refractivity contribution in [3.63, 3.8) is 0 Å². The minimum absolute atomic E-state index is 0.352. The Bertz CT molecular complexity index is 229. The quantitative estimate of drug-likeness (QED) is 0.573. The van der Waals surface area contributed by atoms with E-state index >= 15 is 0 Å². The fourth-order valence-electron chi connectivity index (χ4n) is 2.84. The van der Waals surface area contributed by atoms with Crippen molar-refractivity contribution in [1.82, 2.24) is 0 Å². The van der Waals surface area contributed by atoms with Crippen LogP contribution in [0.4, 0.5) is 0 Å². The predicted molar refractivity (Wildman–Crippen MR) is 48.7 cm³/mol. The largest absolute Gasteiger partial charge is 0.299 e. The number of ketones is 1. The Kier molecular flexibility index (Phi) is 1.82. The normalized spacial score (nSPS) is 43.8. The first kappa shape index (κ1) is 8.03. The summed E-state index contributed by atoms with van der Waals surface area (Å²) in [6.07, 6.45) is 6.50. The Morgan fingerprint density at radius 2 is 2.08 bits per heavy atom. The van der Waals surface area contributed by atoms with E-state index in [-0.39, 0.29) is 0 Å². The Morgan fingerprint density at radius 1 is 1.42 bits per heavy atom. The molecule has 1 fully saturated rings. The van der Waals surface area contributed by atoms with E-state index in [1.807, 2.05) is 6.92 Å². The maximum atomic E-state index is 11.6. The molecule has 2 bridgehead atoms. The molecule has 0 aromatic carbocycles. The molecule has 0 amide bonds. The molecule has 0 spiro atoms. The molecule has 12 heavy (non-hydrogen) atoms. The third-order valence-electron chi connectivity index (χ3n) is 3.57. The van der Waals surface area contributed by atoms with Crippen molar-refractivity contribution < 1.29 is 4.79 Å². The van der Waals surface area contributed by atoms with Gasteiger partial charge in [0.2, 0.25) is 0 Å². The van der Waals surface area contributed by atoms with Gasteiger partial charge in [0, 0.05) is 12.3 Å². The van der Waals surface area contributed by atoms with Crippen molar-refractivity contribution in [3.05, 3.63) is 12.2 Å². The van der Waals surface area contributed by atoms with Gasteiger partial charge in [-0.2, -0.15) is 0 Å². The SMILES string of the molecule is CCC(=O)[C@@H]1[C@@H](C)[C@@H]2C=C[C@H]1C2. The van der Waals surface area contributed by atoms with Gasteiger partial charge in [-0.25, -0.2) is 0 Å². The zero-order valence-electron chi connectivity index (χ0n) is 7.79. The zero-order chi connectivity index (χ0) is 8.72. The van der Waals surface area contributed by atoms with E-state index in [9.17, 15) is 4.79 Å². The van der Waals surface area contributed by atoms with Gasteiger partial charge in [-0.05, 0) is 24.2 Å². The number of carbonyl (C=O) groups excluding carboxylic acids is 1. The van der Waals surface area contributed by atoms with Gasteiger partial charge in [0.1, 0.15) is 5.78 Å². The lowest BCUT2D eigenvalue weighted by molar-refractivity contribution is -0.124. The van der Waals surface area contributed by atoms with Crippen LogP contribution < -0.4 is 0 Å². The monoisotopic (exact) mass is 164 g/mol. The molecule has 0 unspecified atom stereocenters. The lowest BCUT2D eigenvalue weighted by atomic mass is 9.81. The van der Waals surface area contributed by atoms with Crippen molar-refractivity contribution in [1.29, 1.82) is 0 Å². The number of hydrogen-bond donors (Lipinski definition) is 0. The van der Waals surface area contributed by atoms with Crippen molar-refractivity contribution >= 4 is 5.78 Å². The molecule has 0 aliphatic heterocycles. The van der Waals surface area contributed by atoms with Crippen LogP contribution in [0.1, 0.15) is 26.7 Å². The maximum Gasteiger partial charge on any atom is 0.136 e. The summed E-state index contributed by atoms with van der Waals surface area (Å²) >= 11 is 0. The minimum atomic E-state index is 0.352. The third kappa shape index (κ3) is 0.954. The van der Waals surface area contributed by atoms with Gasteiger partial charge in [-0.3, -0.25) is 4.79 Å². The Labute approximate surface area is 73.8 Å². The smallest absolute Gasteiger partial charge is 0.136 e. The maximum absolute atomic E-state index is 11.6. The molecule has 4 atom stereocenters. The van der Waals surface area contributed by atoms with E-state index < -0.39 is 0 Å². The van der Waals surface area contributed by atoms with E-state index in [1.165, 1.54) is 6.42 Å². The fraction of sp³-hybridized carbons (Fsp3) is 0.727. The van der Waals surface area contributed by atoms with E-state index in [2.05, 4.69) is 19.1 Å². The highest BCUT2D eigenvalue weighted by Gasteiger charge is 2.44. The van der Waals surface area contributed by atoms with E-state index in [0.717, 1.165) is 0 Å². The van der Waals surface area contributed by atoms with Crippen LogP contribution in [-0.2, 0) is 4.79 Å². The summed E-state index contributed by atoms with van der Waals surface area (Å²) in [5, 5.41) is 0. The van der Waals surface area contributed by atoms with Crippen molar-refractivity contribution in [2.24, 2.45) is 23.7 Å². The van der Waals surface area contributed by atoms with Crippen molar-refractivity contribution in [2.45, 2.75) is 26.7 Å². The molecular formula is C11H16O. The van der Waals surface area contributed by atoms with Crippen molar-refractivity contribution in [3.8, 4) is 0 Å². The van der Waals surface area contributed by atoms with E-state index in [4.69, 9.17) is 0 Å². The van der Waals surface area contributed by atoms with Crippen LogP contribution in [-0.4, -0.2) is 5.78 Å². The minimum Gasteiger partial charge on any atom is -0.299 e. The molecule has 0 aromatic rings. The third-order valence-corrected chi connectivity index (χ3v) is 3.57. The molecule has 0 heterocycles. The average Bonchev–Trinajstić information content (AvgIpc) is 2.63. The summed E-state index contributed by atoms with van der Waals surface area (Å²) in [4.78, 5) is 11.6. The van der Waals surface area contributed by atoms with Crippen LogP contribution in [0.15, 0.2) is 12.2 Å². The van der Waals surface area contributed by atoms with Gasteiger partial charge < -0.3 is 0 Å². The second-order valence-corrected chi connectivity index (χ2v) is 4.15. The first-order valence-electron chi connectivity index (χ1n) is 4.95. The number of Topliss-reactive ketones (excluding diaryl/α,β-unsaturated/α-hetero) is 1. The molecule has 0 aromatic heterocycles. The summed E-state index contributed by atoms with van der Waals surface area (Å²) in [6.45, 7) is 4.21. The molecule has 2 aliphatic rings. The molecule has 0 saturated heterocycles. The van der Waals surface area contributed by atoms with Crippen LogP contribution in [0.3, 0.4) is 0 Å². The van der Waals surface area contributed by atoms with Gasteiger partial charge in [0.15, 0.2) is 0 Å². The predicted octanol–water partition coefficient (Wildman–Crippen LogP) is 2.42. The lowest BCUT2D eigenvalue weighted by Gasteiger charge is -2.22. The highest BCUT2D eigenvalue weighted by Crippen LogP contribution is 2.48. The Hall–Kier alpha value is -0.590. The highest BCUT2D eigenvalue weighted by atomic mass is 16.1. The molecule has 66 valence electrons. The lowest BCUT2D eigenvalue weighted by Crippen LogP contribution is -2.24. The standard InChI is InChI=1S/C11H16O/c1-3-10(12)11-7(2)8-4-5-9(11)6-8/h4-5,7-9,11H,3,6H2,1-2H3/t7-,8+,9-,11+/m0/s1. The summed E-state index contributed by atoms with van der Waals surface area (Å²) < 4.78 is 0. The molecular weight excluding hydrogens is 148 g/mol. The van der Waals surface area contributed by atoms with Gasteiger partial charge in [0.05, 0.1) is 0 Å². The number of fused-ring (bicyclic) bond motifs is 2. The second kappa shape index (κ2) is 2.72. The zero-order valence-corrected chi connectivity index (χ0v) is 7.79. The van der Waals surface area contributed by atoms with Gasteiger partial charge >= 0.3 is 0 Å². The molecule has 1 nitrogen and oxygen atoms in total. The van der Waals surface area contributed by atoms with Crippen LogP contribution in [0.5, 0.6) is 0 Å². The van der Waals surface area contributed by atoms with Crippen LogP contribution in [0.25, 0.3) is 0 Å². The topological polar surface area (TPSA) is 17.1 Å². The molecule has 1 saturated carbocycles. The molecule has 2 rings (SSSR count). The van der Waals surface area contributed by atoms with Crippen LogP contribution >= 0.6 is 0 Å². The number of allylic oxidation sites excluding steroid dienone is 2. The summed E-state index contributed by atoms with van der Waals surface area (Å²) in [5.74, 6) is 2.71. The molecule has 1 heteroatoms. The summed E-state index contributed by atoms with van der Waals surface area (Å²) in [6, 6.07) is 0. The first-order valence-corrected chi connectivity index (χ1v) is 4.95. The first-order chi connectivity index (χ1) is 5.74. The molecule has 0 N–H and O–H groups in total. The molecule has 2 aliphatic carbocycles. The highest BCUT2D eigenvalue weighted by molar-refractivity contribution is 5.82. The van der Waals surface area contributed by atoms with Gasteiger partial charge in [-0.15, -0.1) is 0 Å². The van der Waals surface area contributed by atoms with Gasteiger partial charge in [0.25, 0.3) is 0 Å². The summed E-state index contributed by atoms with van der Waals surface area (Å²) in [7, 11) is 0. The van der Waals surface area contributed by atoms with Crippen LogP contribution in [0.2, 0.25) is 0 Å². The van der Waals surface area contributed by atoms with E-state index in [0.29, 0.717) is 35.9 Å². The fourth-order valence-corrected chi connectivity index (χ4v) is 2.84. The summed E-state index contributed by atoms with van der Waals surface area (Å²) in [5.41, 5.74) is 0. The van der Waals surface area contributed by atoms with Gasteiger partial charge in [-0.1, -0.05) is 26.0 Å². The van der Waals surface area contributed by atoms with Crippen LogP contribution in [0, 0.1) is 23.7 Å². The number of rotatable bonds is 2. The Balaban J connectivity index is 2.18. The Morgan fingerprint density at radius 3 is 2.58 bits per heavy atom. The number of hydrogen-bond acceptors (Lipinski definition) is 1. The average molecular weight is 164 g/mol. The number of carbonyl (C=O) groups is 1.